The number of Topliss-reactive ketones (excluding diaryl/α,β-unsaturated/α-hetero) is 1. The smallest absolute Gasteiger partial charge is 0.168 e. The molecule has 4 heteroatoms. The molecule has 3 aliphatic rings. The van der Waals surface area contributed by atoms with Gasteiger partial charge in [-0.2, -0.15) is 5.26 Å². The van der Waals surface area contributed by atoms with Crippen molar-refractivity contribution in [2.75, 3.05) is 5.73 Å². The molecule has 4 nitrogen and oxygen atoms in total. The Balaban J connectivity index is 0.000000184. The number of hydrogen-bond donors (Lipinski definition) is 1. The van der Waals surface area contributed by atoms with Gasteiger partial charge in [0.15, 0.2) is 5.78 Å². The molecule has 184 valence electrons. The van der Waals surface area contributed by atoms with Crippen LogP contribution in [0.25, 0.3) is 27.5 Å². The number of para-hydroxylation sites is 1. The third-order valence-electron chi connectivity index (χ3n) is 7.27. The van der Waals surface area contributed by atoms with E-state index in [4.69, 9.17) is 15.7 Å². The number of rotatable bonds is 1. The highest BCUT2D eigenvalue weighted by molar-refractivity contribution is 6.19. The normalized spacial score (nSPS) is 15.2. The lowest BCUT2D eigenvalue weighted by atomic mass is 9.77. The minimum Gasteiger partial charge on any atom is -0.464 e. The van der Waals surface area contributed by atoms with Crippen molar-refractivity contribution in [3.05, 3.63) is 125 Å². The van der Waals surface area contributed by atoms with Crippen LogP contribution in [-0.2, 0) is 6.42 Å². The van der Waals surface area contributed by atoms with Crippen molar-refractivity contribution in [2.24, 2.45) is 0 Å². The number of nitrogens with two attached hydrogens (primary N) is 1. The number of ether oxygens (including phenoxy) is 1. The third-order valence-corrected chi connectivity index (χ3v) is 7.27. The number of hydrogen-bond acceptors (Lipinski definition) is 4. The molecule has 0 radical (unpaired) electrons. The molecule has 0 saturated carbocycles. The monoisotopic (exact) mass is 494 g/mol. The first-order valence-corrected chi connectivity index (χ1v) is 12.8. The van der Waals surface area contributed by atoms with Crippen LogP contribution in [0, 0.1) is 11.3 Å². The average Bonchev–Trinajstić information content (AvgIpc) is 2.97. The van der Waals surface area contributed by atoms with E-state index < -0.39 is 0 Å². The van der Waals surface area contributed by atoms with Crippen molar-refractivity contribution in [1.82, 2.24) is 0 Å². The second-order valence-electron chi connectivity index (χ2n) is 9.74. The molecule has 0 atom stereocenters. The molecule has 38 heavy (non-hydrogen) atoms. The van der Waals surface area contributed by atoms with Gasteiger partial charge in [-0.3, -0.25) is 4.79 Å². The van der Waals surface area contributed by atoms with Crippen LogP contribution in [0.15, 0.2) is 108 Å². The molecule has 0 bridgehead atoms. The van der Waals surface area contributed by atoms with Gasteiger partial charge in [0.05, 0.1) is 11.6 Å². The summed E-state index contributed by atoms with van der Waals surface area (Å²) in [6.07, 6.45) is 9.15. The number of nitriles is 1. The fourth-order valence-corrected chi connectivity index (χ4v) is 5.52. The van der Waals surface area contributed by atoms with E-state index >= 15 is 0 Å². The van der Waals surface area contributed by atoms with Gasteiger partial charge in [-0.25, -0.2) is 0 Å². The first-order chi connectivity index (χ1) is 18.6. The van der Waals surface area contributed by atoms with Gasteiger partial charge in [-0.05, 0) is 64.3 Å². The van der Waals surface area contributed by atoms with E-state index in [1.54, 1.807) is 0 Å². The number of carbonyl (C=O) groups excluding carboxylic acids is 1. The zero-order valence-electron chi connectivity index (χ0n) is 20.9. The first kappa shape index (κ1) is 23.5. The maximum absolute atomic E-state index is 13.1. The zero-order valence-corrected chi connectivity index (χ0v) is 20.9. The molecule has 4 aromatic rings. The highest BCUT2D eigenvalue weighted by Gasteiger charge is 2.27. The van der Waals surface area contributed by atoms with E-state index in [2.05, 4.69) is 42.5 Å². The Morgan fingerprint density at radius 2 is 1.71 bits per heavy atom. The largest absolute Gasteiger partial charge is 0.464 e. The topological polar surface area (TPSA) is 76.1 Å². The standard InChI is InChI=1S/C24H19NO.C10H7NO/c25-18-12-17-10-11-20-19-9-5-4-8-16(19)13-22(26)24(20)23(17)21(14-18)15-6-2-1-3-7-15;11-6-8-5-9-3-1-2-4-10(9)12-7-8/h1-3,5-7,9-12,14H,4,8,13,25H2;1-4,7H,5H2. The SMILES string of the molecule is N#CC1=COc2ccccc2C1.Nc1cc(-c2ccccc2)c2c3c(ccc2c1)C1=C(CCC=C1)CC3=O. The summed E-state index contributed by atoms with van der Waals surface area (Å²) in [5, 5.41) is 10.7. The number of nitrogens with zero attached hydrogens (tertiary/aromatic N) is 1. The van der Waals surface area contributed by atoms with E-state index in [0.29, 0.717) is 18.4 Å². The lowest BCUT2D eigenvalue weighted by Gasteiger charge is -2.25. The summed E-state index contributed by atoms with van der Waals surface area (Å²) < 4.78 is 5.24. The first-order valence-electron chi connectivity index (χ1n) is 12.8. The Hall–Kier alpha value is -4.88. The van der Waals surface area contributed by atoms with Crippen LogP contribution in [0.3, 0.4) is 0 Å². The summed E-state index contributed by atoms with van der Waals surface area (Å²) in [4.78, 5) is 13.1. The van der Waals surface area contributed by atoms with Crippen LogP contribution in [-0.4, -0.2) is 5.78 Å². The average molecular weight is 495 g/mol. The number of benzene rings is 4. The summed E-state index contributed by atoms with van der Waals surface area (Å²) in [5.41, 5.74) is 15.2. The highest BCUT2D eigenvalue weighted by Crippen LogP contribution is 2.43. The molecular formula is C34H26N2O2. The van der Waals surface area contributed by atoms with Crippen molar-refractivity contribution in [3.63, 3.8) is 0 Å². The van der Waals surface area contributed by atoms with Crippen molar-refractivity contribution in [2.45, 2.75) is 25.7 Å². The molecule has 4 aromatic carbocycles. The Kier molecular flexibility index (Phi) is 6.11. The second-order valence-corrected chi connectivity index (χ2v) is 9.74. The van der Waals surface area contributed by atoms with Gasteiger partial charge < -0.3 is 10.5 Å². The van der Waals surface area contributed by atoms with E-state index in [9.17, 15) is 4.79 Å². The highest BCUT2D eigenvalue weighted by atomic mass is 16.5. The molecule has 7 rings (SSSR count). The lowest BCUT2D eigenvalue weighted by Crippen LogP contribution is -2.14. The van der Waals surface area contributed by atoms with Crippen LogP contribution in [0.1, 0.15) is 40.7 Å². The number of ketones is 1. The minimum atomic E-state index is 0.224. The van der Waals surface area contributed by atoms with Crippen molar-refractivity contribution in [1.29, 1.82) is 5.26 Å². The van der Waals surface area contributed by atoms with E-state index in [-0.39, 0.29) is 5.78 Å². The maximum Gasteiger partial charge on any atom is 0.168 e. The van der Waals surface area contributed by atoms with Gasteiger partial charge in [0.2, 0.25) is 0 Å². The number of fused-ring (bicyclic) bond motifs is 5. The molecule has 0 saturated heterocycles. The summed E-state index contributed by atoms with van der Waals surface area (Å²) in [5.74, 6) is 1.08. The molecule has 0 amide bonds. The van der Waals surface area contributed by atoms with Crippen LogP contribution in [0.5, 0.6) is 5.75 Å². The quantitative estimate of drug-likeness (QED) is 0.274. The molecule has 2 N–H and O–H groups in total. The molecule has 0 fully saturated rings. The number of anilines is 1. The predicted molar refractivity (Wildman–Crippen MR) is 153 cm³/mol. The van der Waals surface area contributed by atoms with Gasteiger partial charge in [0, 0.05) is 29.5 Å². The van der Waals surface area contributed by atoms with Gasteiger partial charge in [-0.15, -0.1) is 0 Å². The minimum absolute atomic E-state index is 0.224. The Bertz CT molecular complexity index is 1720. The van der Waals surface area contributed by atoms with Crippen LogP contribution in [0.2, 0.25) is 0 Å². The molecule has 0 aromatic heterocycles. The molecule has 1 aliphatic heterocycles. The van der Waals surface area contributed by atoms with Gasteiger partial charge in [0.25, 0.3) is 0 Å². The Morgan fingerprint density at radius 1 is 0.895 bits per heavy atom. The fourth-order valence-electron chi connectivity index (χ4n) is 5.52. The summed E-state index contributed by atoms with van der Waals surface area (Å²) in [7, 11) is 0. The Morgan fingerprint density at radius 3 is 2.55 bits per heavy atom. The second kappa shape index (κ2) is 9.88. The molecule has 0 unspecified atom stereocenters. The fraction of sp³-hybridized carbons (Fsp3) is 0.118. The predicted octanol–water partition coefficient (Wildman–Crippen LogP) is 7.81. The lowest BCUT2D eigenvalue weighted by molar-refractivity contribution is 0.0992. The van der Waals surface area contributed by atoms with E-state index in [1.165, 1.54) is 17.4 Å². The van der Waals surface area contributed by atoms with Crippen molar-refractivity contribution >= 4 is 27.8 Å². The number of allylic oxidation sites excluding steroid dienone is 5. The van der Waals surface area contributed by atoms with Crippen LogP contribution in [0.4, 0.5) is 5.69 Å². The van der Waals surface area contributed by atoms with Crippen molar-refractivity contribution in [3.8, 4) is 22.9 Å². The van der Waals surface area contributed by atoms with Gasteiger partial charge in [0.1, 0.15) is 12.0 Å². The zero-order chi connectivity index (χ0) is 26.1. The summed E-state index contributed by atoms with van der Waals surface area (Å²) in [6.45, 7) is 0. The molecular weight excluding hydrogens is 468 g/mol. The summed E-state index contributed by atoms with van der Waals surface area (Å²) in [6, 6.07) is 28.2. The maximum atomic E-state index is 13.1. The molecule has 0 spiro atoms. The number of carbonyl (C=O) groups is 1. The van der Waals surface area contributed by atoms with Crippen molar-refractivity contribution < 1.29 is 9.53 Å². The van der Waals surface area contributed by atoms with Gasteiger partial charge >= 0.3 is 0 Å². The third kappa shape index (κ3) is 4.29. The summed E-state index contributed by atoms with van der Waals surface area (Å²) >= 11 is 0. The Labute approximate surface area is 222 Å². The number of nitrogen functional groups attached to an aromatic ring is 1. The van der Waals surface area contributed by atoms with E-state index in [1.807, 2.05) is 54.6 Å². The van der Waals surface area contributed by atoms with Gasteiger partial charge in [-0.1, -0.05) is 78.4 Å². The van der Waals surface area contributed by atoms with Crippen LogP contribution >= 0.6 is 0 Å². The molecule has 2 aliphatic carbocycles. The van der Waals surface area contributed by atoms with Crippen LogP contribution < -0.4 is 10.5 Å². The molecule has 1 heterocycles. The van der Waals surface area contributed by atoms with E-state index in [0.717, 1.165) is 62.9 Å².